The van der Waals surface area contributed by atoms with Crippen molar-refractivity contribution in [2.75, 3.05) is 0 Å². The van der Waals surface area contributed by atoms with E-state index in [-0.39, 0.29) is 0 Å². The topological polar surface area (TPSA) is 30.7 Å². The minimum atomic E-state index is 0.812. The Morgan fingerprint density at radius 1 is 0.947 bits per heavy atom. The molecule has 0 aromatic carbocycles. The van der Waals surface area contributed by atoms with Gasteiger partial charge in [-0.1, -0.05) is 58.6 Å². The van der Waals surface area contributed by atoms with E-state index < -0.39 is 0 Å². The molecule has 1 rings (SSSR count). The molecule has 0 radical (unpaired) electrons. The van der Waals surface area contributed by atoms with Crippen molar-refractivity contribution in [1.82, 2.24) is 15.0 Å². The fourth-order valence-corrected chi connectivity index (χ4v) is 2.25. The molecule has 3 heteroatoms. The Labute approximate surface area is 118 Å². The monoisotopic (exact) mass is 265 g/mol. The molecule has 3 nitrogen and oxygen atoms in total. The summed E-state index contributed by atoms with van der Waals surface area (Å²) in [4.78, 5) is 0. The minimum absolute atomic E-state index is 0.812. The summed E-state index contributed by atoms with van der Waals surface area (Å²) in [5.41, 5.74) is 1.16. The number of rotatable bonds is 10. The molecule has 0 saturated heterocycles. The lowest BCUT2D eigenvalue weighted by Gasteiger charge is -2.03. The zero-order valence-electron chi connectivity index (χ0n) is 13.2. The predicted molar refractivity (Wildman–Crippen MR) is 81.1 cm³/mol. The molecule has 0 aliphatic rings. The molecule has 0 amide bonds. The van der Waals surface area contributed by atoms with Gasteiger partial charge in [0.2, 0.25) is 0 Å². The van der Waals surface area contributed by atoms with Crippen LogP contribution in [-0.2, 0) is 13.0 Å². The molecule has 0 spiro atoms. The first kappa shape index (κ1) is 16.2. The highest BCUT2D eigenvalue weighted by molar-refractivity contribution is 4.92. The number of aryl methyl sites for hydroxylation is 2. The Hall–Kier alpha value is -0.860. The van der Waals surface area contributed by atoms with Crippen LogP contribution in [0.4, 0.5) is 0 Å². The van der Waals surface area contributed by atoms with Gasteiger partial charge in [0, 0.05) is 12.7 Å². The van der Waals surface area contributed by atoms with Crippen molar-refractivity contribution in [3.05, 3.63) is 11.9 Å². The van der Waals surface area contributed by atoms with Gasteiger partial charge in [0.1, 0.15) is 0 Å². The van der Waals surface area contributed by atoms with Gasteiger partial charge in [0.15, 0.2) is 0 Å². The van der Waals surface area contributed by atoms with Crippen LogP contribution >= 0.6 is 0 Å². The van der Waals surface area contributed by atoms with Crippen molar-refractivity contribution >= 4 is 0 Å². The van der Waals surface area contributed by atoms with Crippen LogP contribution in [0, 0.1) is 11.8 Å². The highest BCUT2D eigenvalue weighted by Crippen LogP contribution is 2.10. The molecule has 1 heterocycles. The van der Waals surface area contributed by atoms with E-state index in [4.69, 9.17) is 0 Å². The van der Waals surface area contributed by atoms with Gasteiger partial charge in [0.25, 0.3) is 0 Å². The van der Waals surface area contributed by atoms with E-state index in [1.165, 1.54) is 38.5 Å². The smallest absolute Gasteiger partial charge is 0.0827 e. The summed E-state index contributed by atoms with van der Waals surface area (Å²) >= 11 is 0. The van der Waals surface area contributed by atoms with Gasteiger partial charge in [-0.15, -0.1) is 5.10 Å². The molecule has 0 N–H and O–H groups in total. The number of hydrogen-bond donors (Lipinski definition) is 0. The third kappa shape index (κ3) is 8.02. The normalized spacial score (nSPS) is 11.7. The SMILES string of the molecule is CC(C)CCCCc1cn(CCCCC(C)C)nn1. The molecular weight excluding hydrogens is 234 g/mol. The average molecular weight is 265 g/mol. The van der Waals surface area contributed by atoms with Gasteiger partial charge in [0.05, 0.1) is 5.69 Å². The fraction of sp³-hybridized carbons (Fsp3) is 0.875. The average Bonchev–Trinajstić information content (AvgIpc) is 2.78. The zero-order valence-corrected chi connectivity index (χ0v) is 13.2. The lowest BCUT2D eigenvalue weighted by atomic mass is 10.0. The van der Waals surface area contributed by atoms with E-state index in [9.17, 15) is 0 Å². The Morgan fingerprint density at radius 3 is 2.21 bits per heavy atom. The zero-order chi connectivity index (χ0) is 14.1. The van der Waals surface area contributed by atoms with E-state index in [1.807, 2.05) is 4.68 Å². The lowest BCUT2D eigenvalue weighted by molar-refractivity contribution is 0.485. The van der Waals surface area contributed by atoms with E-state index in [1.54, 1.807) is 0 Å². The molecule has 110 valence electrons. The molecule has 0 bridgehead atoms. The molecule has 1 aromatic heterocycles. The number of nitrogens with zero attached hydrogens (tertiary/aromatic N) is 3. The molecule has 0 fully saturated rings. The summed E-state index contributed by atoms with van der Waals surface area (Å²) in [7, 11) is 0. The van der Waals surface area contributed by atoms with Crippen LogP contribution in [0.5, 0.6) is 0 Å². The molecular formula is C16H31N3. The quantitative estimate of drug-likeness (QED) is 0.584. The van der Waals surface area contributed by atoms with Gasteiger partial charge < -0.3 is 0 Å². The third-order valence-electron chi connectivity index (χ3n) is 3.47. The van der Waals surface area contributed by atoms with Gasteiger partial charge >= 0.3 is 0 Å². The maximum Gasteiger partial charge on any atom is 0.0827 e. The first-order valence-corrected chi connectivity index (χ1v) is 7.97. The van der Waals surface area contributed by atoms with E-state index in [0.717, 1.165) is 30.5 Å². The maximum atomic E-state index is 4.26. The number of aromatic nitrogens is 3. The molecule has 0 unspecified atom stereocenters. The van der Waals surface area contributed by atoms with Crippen molar-refractivity contribution in [2.24, 2.45) is 11.8 Å². The third-order valence-corrected chi connectivity index (χ3v) is 3.47. The van der Waals surface area contributed by atoms with Crippen LogP contribution in [0.25, 0.3) is 0 Å². The van der Waals surface area contributed by atoms with Crippen molar-refractivity contribution in [3.8, 4) is 0 Å². The van der Waals surface area contributed by atoms with Gasteiger partial charge in [-0.25, -0.2) is 0 Å². The largest absolute Gasteiger partial charge is 0.252 e. The lowest BCUT2D eigenvalue weighted by Crippen LogP contribution is -1.99. The van der Waals surface area contributed by atoms with Crippen molar-refractivity contribution < 1.29 is 0 Å². The molecule has 19 heavy (non-hydrogen) atoms. The van der Waals surface area contributed by atoms with Crippen LogP contribution in [0.15, 0.2) is 6.20 Å². The van der Waals surface area contributed by atoms with E-state index >= 15 is 0 Å². The second-order valence-corrected chi connectivity index (χ2v) is 6.50. The van der Waals surface area contributed by atoms with Crippen LogP contribution in [0.1, 0.15) is 71.9 Å². The van der Waals surface area contributed by atoms with E-state index in [2.05, 4.69) is 44.2 Å². The minimum Gasteiger partial charge on any atom is -0.252 e. The Balaban J connectivity index is 2.14. The molecule has 0 aliphatic carbocycles. The first-order valence-electron chi connectivity index (χ1n) is 7.97. The summed E-state index contributed by atoms with van der Waals surface area (Å²) in [6, 6.07) is 0. The van der Waals surface area contributed by atoms with Crippen LogP contribution in [0.2, 0.25) is 0 Å². The van der Waals surface area contributed by atoms with Gasteiger partial charge in [-0.2, -0.15) is 0 Å². The van der Waals surface area contributed by atoms with Crippen molar-refractivity contribution in [2.45, 2.75) is 79.2 Å². The highest BCUT2D eigenvalue weighted by atomic mass is 15.4. The van der Waals surface area contributed by atoms with Crippen LogP contribution in [0.3, 0.4) is 0 Å². The number of hydrogen-bond acceptors (Lipinski definition) is 2. The Kier molecular flexibility index (Phi) is 7.76. The van der Waals surface area contributed by atoms with Crippen LogP contribution < -0.4 is 0 Å². The molecule has 0 aliphatic heterocycles. The standard InChI is InChI=1S/C16H31N3/c1-14(2)9-5-6-11-16-13-19(18-17-16)12-8-7-10-15(3)4/h13-15H,5-12H2,1-4H3. The summed E-state index contributed by atoms with van der Waals surface area (Å²) in [6.45, 7) is 10.2. The summed E-state index contributed by atoms with van der Waals surface area (Å²) in [6.07, 6.45) is 10.9. The summed E-state index contributed by atoms with van der Waals surface area (Å²) in [5.74, 6) is 1.63. The Morgan fingerprint density at radius 2 is 1.58 bits per heavy atom. The van der Waals surface area contributed by atoms with Crippen molar-refractivity contribution in [3.63, 3.8) is 0 Å². The molecule has 0 atom stereocenters. The molecule has 1 aromatic rings. The highest BCUT2D eigenvalue weighted by Gasteiger charge is 2.02. The van der Waals surface area contributed by atoms with Gasteiger partial charge in [-0.05, 0) is 31.1 Å². The predicted octanol–water partition coefficient (Wildman–Crippen LogP) is 4.47. The summed E-state index contributed by atoms with van der Waals surface area (Å²) < 4.78 is 2.01. The fourth-order valence-electron chi connectivity index (χ4n) is 2.25. The second kappa shape index (κ2) is 9.11. The summed E-state index contributed by atoms with van der Waals surface area (Å²) in [5, 5.41) is 8.47. The van der Waals surface area contributed by atoms with Crippen molar-refractivity contribution in [1.29, 1.82) is 0 Å². The van der Waals surface area contributed by atoms with Gasteiger partial charge in [-0.3, -0.25) is 4.68 Å². The Bertz CT molecular complexity index is 298. The number of unbranched alkanes of at least 4 members (excludes halogenated alkanes) is 2. The van der Waals surface area contributed by atoms with E-state index in [0.29, 0.717) is 0 Å². The van der Waals surface area contributed by atoms with Crippen LogP contribution in [-0.4, -0.2) is 15.0 Å². The maximum absolute atomic E-state index is 4.26. The molecule has 0 saturated carbocycles. The first-order chi connectivity index (χ1) is 9.08. The second-order valence-electron chi connectivity index (χ2n) is 6.50.